The molecule has 0 aliphatic heterocycles. The number of anilines is 1. The Morgan fingerprint density at radius 1 is 1.31 bits per heavy atom. The monoisotopic (exact) mass is 324 g/mol. The minimum Gasteiger partial charge on any atom is -0.454 e. The first-order valence-electron chi connectivity index (χ1n) is 4.76. The Morgan fingerprint density at radius 3 is 2.88 bits per heavy atom. The lowest BCUT2D eigenvalue weighted by molar-refractivity contribution is 0.493. The van der Waals surface area contributed by atoms with Gasteiger partial charge in [0, 0.05) is 5.69 Å². The molecule has 0 saturated heterocycles. The molecule has 0 radical (unpaired) electrons. The van der Waals surface area contributed by atoms with Crippen molar-refractivity contribution >= 4 is 28.3 Å². The van der Waals surface area contributed by atoms with E-state index >= 15 is 0 Å². The van der Waals surface area contributed by atoms with Crippen LogP contribution in [0.2, 0.25) is 0 Å². The Labute approximate surface area is 107 Å². The van der Waals surface area contributed by atoms with Crippen LogP contribution in [0.5, 0.6) is 0 Å². The molecule has 16 heavy (non-hydrogen) atoms. The van der Waals surface area contributed by atoms with Crippen LogP contribution in [0.15, 0.2) is 40.8 Å². The third-order valence-electron chi connectivity index (χ3n) is 2.09. The molecule has 0 aliphatic carbocycles. The number of furan rings is 1. The van der Waals surface area contributed by atoms with E-state index < -0.39 is 0 Å². The number of halogens is 1. The number of benzene rings is 1. The van der Waals surface area contributed by atoms with E-state index in [9.17, 15) is 0 Å². The second-order valence-electron chi connectivity index (χ2n) is 3.25. The highest BCUT2D eigenvalue weighted by molar-refractivity contribution is 14.1. The van der Waals surface area contributed by atoms with E-state index in [4.69, 9.17) is 9.68 Å². The van der Waals surface area contributed by atoms with E-state index in [0.717, 1.165) is 15.2 Å². The fourth-order valence-electron chi connectivity index (χ4n) is 1.33. The average molecular weight is 324 g/mol. The molecule has 4 heteroatoms. The third kappa shape index (κ3) is 2.76. The summed E-state index contributed by atoms with van der Waals surface area (Å²) in [4.78, 5) is 0. The normalized spacial score (nSPS) is 9.75. The Balaban J connectivity index is 2.02. The van der Waals surface area contributed by atoms with Crippen LogP contribution in [-0.2, 0) is 6.54 Å². The zero-order valence-electron chi connectivity index (χ0n) is 8.40. The minimum atomic E-state index is 0.623. The van der Waals surface area contributed by atoms with E-state index in [0.29, 0.717) is 12.1 Å². The van der Waals surface area contributed by atoms with Crippen molar-refractivity contribution in [2.24, 2.45) is 0 Å². The predicted octanol–water partition coefficient (Wildman–Crippen LogP) is 3.37. The molecule has 0 amide bonds. The van der Waals surface area contributed by atoms with Gasteiger partial charge in [-0.3, -0.25) is 0 Å². The Hall–Kier alpha value is -1.48. The molecule has 2 aromatic rings. The molecule has 1 aromatic heterocycles. The van der Waals surface area contributed by atoms with E-state index in [1.54, 1.807) is 6.07 Å². The maximum atomic E-state index is 8.75. The van der Waals surface area contributed by atoms with Crippen molar-refractivity contribution < 1.29 is 4.42 Å². The van der Waals surface area contributed by atoms with Crippen LogP contribution >= 0.6 is 22.6 Å². The summed E-state index contributed by atoms with van der Waals surface area (Å²) in [6.07, 6.45) is 0. The molecule has 1 aromatic carbocycles. The van der Waals surface area contributed by atoms with Gasteiger partial charge in [-0.15, -0.1) is 0 Å². The molecule has 1 heterocycles. The minimum absolute atomic E-state index is 0.623. The van der Waals surface area contributed by atoms with Crippen molar-refractivity contribution in [1.82, 2.24) is 0 Å². The lowest BCUT2D eigenvalue weighted by Gasteiger charge is -2.03. The van der Waals surface area contributed by atoms with Crippen LogP contribution in [0.25, 0.3) is 0 Å². The number of rotatable bonds is 3. The number of hydrogen-bond acceptors (Lipinski definition) is 3. The smallest absolute Gasteiger partial charge is 0.164 e. The summed E-state index contributed by atoms with van der Waals surface area (Å²) < 4.78 is 6.30. The number of nitrogens with one attached hydrogen (secondary N) is 1. The maximum absolute atomic E-state index is 8.75. The first kappa shape index (κ1) is 11.0. The standard InChI is InChI=1S/C12H9IN2O/c13-12-5-4-11(16-12)8-15-10-3-1-2-9(6-10)7-14/h1-6,15H,8H2. The van der Waals surface area contributed by atoms with Crippen LogP contribution in [0.1, 0.15) is 11.3 Å². The molecule has 0 aliphatic rings. The van der Waals surface area contributed by atoms with Gasteiger partial charge in [0.15, 0.2) is 3.77 Å². The largest absolute Gasteiger partial charge is 0.454 e. The average Bonchev–Trinajstić information content (AvgIpc) is 2.73. The Bertz CT molecular complexity index is 528. The molecule has 0 unspecified atom stereocenters. The van der Waals surface area contributed by atoms with Gasteiger partial charge in [0.25, 0.3) is 0 Å². The summed E-state index contributed by atoms with van der Waals surface area (Å²) in [5.41, 5.74) is 1.57. The summed E-state index contributed by atoms with van der Waals surface area (Å²) >= 11 is 2.13. The van der Waals surface area contributed by atoms with Crippen molar-refractivity contribution in [1.29, 1.82) is 5.26 Å². The first-order chi connectivity index (χ1) is 7.78. The molecule has 0 saturated carbocycles. The molecule has 0 spiro atoms. The highest BCUT2D eigenvalue weighted by Crippen LogP contribution is 2.14. The van der Waals surface area contributed by atoms with Crippen LogP contribution < -0.4 is 5.32 Å². The molecular formula is C12H9IN2O. The highest BCUT2D eigenvalue weighted by atomic mass is 127. The quantitative estimate of drug-likeness (QED) is 0.881. The van der Waals surface area contributed by atoms with Crippen molar-refractivity contribution in [3.8, 4) is 6.07 Å². The molecule has 0 fully saturated rings. The van der Waals surface area contributed by atoms with E-state index in [-0.39, 0.29) is 0 Å². The van der Waals surface area contributed by atoms with Gasteiger partial charge < -0.3 is 9.73 Å². The first-order valence-corrected chi connectivity index (χ1v) is 5.84. The predicted molar refractivity (Wildman–Crippen MR) is 69.9 cm³/mol. The van der Waals surface area contributed by atoms with Gasteiger partial charge in [0.2, 0.25) is 0 Å². The van der Waals surface area contributed by atoms with Crippen LogP contribution in [-0.4, -0.2) is 0 Å². The van der Waals surface area contributed by atoms with Gasteiger partial charge in [0.1, 0.15) is 5.76 Å². The lowest BCUT2D eigenvalue weighted by Crippen LogP contribution is -1.97. The second kappa shape index (κ2) is 5.03. The second-order valence-corrected chi connectivity index (χ2v) is 4.32. The zero-order valence-corrected chi connectivity index (χ0v) is 10.6. The van der Waals surface area contributed by atoms with Crippen LogP contribution in [0.3, 0.4) is 0 Å². The highest BCUT2D eigenvalue weighted by Gasteiger charge is 1.99. The van der Waals surface area contributed by atoms with Gasteiger partial charge in [-0.2, -0.15) is 5.26 Å². The van der Waals surface area contributed by atoms with E-state index in [1.807, 2.05) is 30.3 Å². The van der Waals surface area contributed by atoms with Gasteiger partial charge >= 0.3 is 0 Å². The summed E-state index contributed by atoms with van der Waals surface area (Å²) in [5, 5.41) is 12.0. The van der Waals surface area contributed by atoms with E-state index in [2.05, 4.69) is 34.0 Å². The number of nitrogens with zero attached hydrogens (tertiary/aromatic N) is 1. The fourth-order valence-corrected chi connectivity index (χ4v) is 1.80. The fraction of sp³-hybridized carbons (Fsp3) is 0.0833. The van der Waals surface area contributed by atoms with Gasteiger partial charge in [-0.25, -0.2) is 0 Å². The number of hydrogen-bond donors (Lipinski definition) is 1. The van der Waals surface area contributed by atoms with Crippen LogP contribution in [0, 0.1) is 15.1 Å². The molecule has 0 bridgehead atoms. The molecular weight excluding hydrogens is 315 g/mol. The Kier molecular flexibility index (Phi) is 3.47. The molecule has 3 nitrogen and oxygen atoms in total. The van der Waals surface area contributed by atoms with Crippen molar-refractivity contribution in [2.45, 2.75) is 6.54 Å². The zero-order chi connectivity index (χ0) is 11.4. The summed E-state index contributed by atoms with van der Waals surface area (Å²) in [7, 11) is 0. The molecule has 1 N–H and O–H groups in total. The van der Waals surface area contributed by atoms with Crippen LogP contribution in [0.4, 0.5) is 5.69 Å². The lowest BCUT2D eigenvalue weighted by atomic mass is 10.2. The summed E-state index contributed by atoms with van der Waals surface area (Å²) in [6, 6.07) is 13.3. The molecule has 2 rings (SSSR count). The molecule has 0 atom stereocenters. The third-order valence-corrected chi connectivity index (χ3v) is 2.67. The topological polar surface area (TPSA) is 49.0 Å². The van der Waals surface area contributed by atoms with Gasteiger partial charge in [-0.05, 0) is 52.9 Å². The van der Waals surface area contributed by atoms with E-state index in [1.165, 1.54) is 0 Å². The molecule has 80 valence electrons. The maximum Gasteiger partial charge on any atom is 0.164 e. The van der Waals surface area contributed by atoms with Gasteiger partial charge in [0.05, 0.1) is 18.2 Å². The van der Waals surface area contributed by atoms with Crippen molar-refractivity contribution in [3.63, 3.8) is 0 Å². The summed E-state index contributed by atoms with van der Waals surface area (Å²) in [6.45, 7) is 0.623. The summed E-state index contributed by atoms with van der Waals surface area (Å²) in [5.74, 6) is 0.881. The Morgan fingerprint density at radius 2 is 2.19 bits per heavy atom. The van der Waals surface area contributed by atoms with Crippen molar-refractivity contribution in [3.05, 3.63) is 51.5 Å². The number of nitriles is 1. The van der Waals surface area contributed by atoms with Gasteiger partial charge in [-0.1, -0.05) is 6.07 Å². The van der Waals surface area contributed by atoms with Crippen molar-refractivity contribution in [2.75, 3.05) is 5.32 Å². The SMILES string of the molecule is N#Cc1cccc(NCc2ccc(I)o2)c1.